The average molecular weight is 315 g/mol. The van der Waals surface area contributed by atoms with Crippen molar-refractivity contribution in [3.05, 3.63) is 30.7 Å². The summed E-state index contributed by atoms with van der Waals surface area (Å²) in [6, 6.07) is 3.43. The molecule has 0 aromatic heterocycles. The summed E-state index contributed by atoms with van der Waals surface area (Å²) in [5.41, 5.74) is 14.6. The molecule has 2 fully saturated rings. The van der Waals surface area contributed by atoms with Crippen LogP contribution in [0.5, 0.6) is 0 Å². The quantitative estimate of drug-likeness (QED) is 0.746. The Morgan fingerprint density at radius 2 is 1.91 bits per heavy atom. The van der Waals surface area contributed by atoms with E-state index in [9.17, 15) is 4.79 Å². The number of nitrogen functional groups attached to an aromatic ring is 2. The van der Waals surface area contributed by atoms with Crippen molar-refractivity contribution in [3.63, 3.8) is 0 Å². The second-order valence-electron chi connectivity index (χ2n) is 7.32. The minimum absolute atomic E-state index is 0. The number of fused-ring (bicyclic) bond motifs is 2. The summed E-state index contributed by atoms with van der Waals surface area (Å²) in [4.78, 5) is 12.5. The molecule has 2 saturated carbocycles. The van der Waals surface area contributed by atoms with Gasteiger partial charge in [0.2, 0.25) is 0 Å². The van der Waals surface area contributed by atoms with Gasteiger partial charge in [0.25, 0.3) is 5.91 Å². The standard InChI is InChI=1S/C18H27N3O.CH2/c1-12-15(8-14(19)9-16(12)20)17(22)21-11-18-6-2-4-13(10-18)5-3-7-18;/h8-9,13H,2-7,10-11,19-20H2,1H3,(H,21,22);1H2. The zero-order chi connectivity index (χ0) is 15.7. The SMILES string of the molecule is Cc1c(N)cc(N)cc1C(=O)NCC12CCCC(CCC1)C2.[CH2]. The van der Waals surface area contributed by atoms with Crippen LogP contribution in [0.4, 0.5) is 11.4 Å². The van der Waals surface area contributed by atoms with Crippen molar-refractivity contribution < 1.29 is 4.79 Å². The van der Waals surface area contributed by atoms with Crippen LogP contribution in [-0.2, 0) is 0 Å². The lowest BCUT2D eigenvalue weighted by atomic mass is 9.62. The van der Waals surface area contributed by atoms with Gasteiger partial charge < -0.3 is 16.8 Å². The highest BCUT2D eigenvalue weighted by molar-refractivity contribution is 5.98. The number of carbonyl (C=O) groups is 1. The number of benzene rings is 1. The van der Waals surface area contributed by atoms with E-state index >= 15 is 0 Å². The second-order valence-corrected chi connectivity index (χ2v) is 7.32. The lowest BCUT2D eigenvalue weighted by molar-refractivity contribution is 0.0681. The van der Waals surface area contributed by atoms with Gasteiger partial charge in [0, 0.05) is 23.5 Å². The van der Waals surface area contributed by atoms with Crippen molar-refractivity contribution in [3.8, 4) is 0 Å². The van der Waals surface area contributed by atoms with Gasteiger partial charge in [0.1, 0.15) is 0 Å². The van der Waals surface area contributed by atoms with Crippen LogP contribution < -0.4 is 16.8 Å². The van der Waals surface area contributed by atoms with Crippen molar-refractivity contribution in [2.24, 2.45) is 11.3 Å². The molecule has 4 nitrogen and oxygen atoms in total. The van der Waals surface area contributed by atoms with Crippen LogP contribution in [0.15, 0.2) is 12.1 Å². The second kappa shape index (κ2) is 6.81. The van der Waals surface area contributed by atoms with Gasteiger partial charge in [0.15, 0.2) is 0 Å². The van der Waals surface area contributed by atoms with Gasteiger partial charge in [-0.25, -0.2) is 0 Å². The molecule has 2 aliphatic rings. The lowest BCUT2D eigenvalue weighted by Crippen LogP contribution is -2.43. The maximum atomic E-state index is 12.5. The summed E-state index contributed by atoms with van der Waals surface area (Å²) in [7, 11) is 0. The number of nitrogens with one attached hydrogen (secondary N) is 1. The predicted octanol–water partition coefficient (Wildman–Crippen LogP) is 3.58. The normalized spacial score (nSPS) is 26.2. The van der Waals surface area contributed by atoms with E-state index in [2.05, 4.69) is 5.32 Å². The first-order valence-corrected chi connectivity index (χ1v) is 8.43. The van der Waals surface area contributed by atoms with E-state index in [0.717, 1.165) is 18.0 Å². The molecule has 126 valence electrons. The van der Waals surface area contributed by atoms with Crippen molar-refractivity contribution in [2.45, 2.75) is 51.9 Å². The van der Waals surface area contributed by atoms with E-state index in [0.29, 0.717) is 22.4 Å². The molecular weight excluding hydrogens is 286 g/mol. The largest absolute Gasteiger partial charge is 0.399 e. The highest BCUT2D eigenvalue weighted by Crippen LogP contribution is 2.48. The van der Waals surface area contributed by atoms with Gasteiger partial charge in [-0.15, -0.1) is 0 Å². The number of anilines is 2. The Kier molecular flexibility index (Phi) is 5.23. The lowest BCUT2D eigenvalue weighted by Gasteiger charge is -2.45. The first kappa shape index (κ1) is 17.6. The highest BCUT2D eigenvalue weighted by atomic mass is 16.1. The Balaban J connectivity index is 0.00000192. The third-order valence-corrected chi connectivity index (χ3v) is 5.70. The summed E-state index contributed by atoms with van der Waals surface area (Å²) in [5, 5.41) is 3.16. The summed E-state index contributed by atoms with van der Waals surface area (Å²) in [6.45, 7) is 2.66. The number of nitrogens with two attached hydrogens (primary N) is 2. The van der Waals surface area contributed by atoms with Gasteiger partial charge >= 0.3 is 0 Å². The van der Waals surface area contributed by atoms with E-state index in [4.69, 9.17) is 11.5 Å². The molecule has 0 saturated heterocycles. The van der Waals surface area contributed by atoms with Crippen LogP contribution in [0.1, 0.15) is 60.9 Å². The maximum absolute atomic E-state index is 12.5. The van der Waals surface area contributed by atoms with Gasteiger partial charge in [-0.05, 0) is 55.2 Å². The predicted molar refractivity (Wildman–Crippen MR) is 95.9 cm³/mol. The fourth-order valence-corrected chi connectivity index (χ4v) is 4.43. The Morgan fingerprint density at radius 3 is 2.57 bits per heavy atom. The number of hydrogen-bond donors (Lipinski definition) is 3. The third-order valence-electron chi connectivity index (χ3n) is 5.70. The molecule has 1 amide bonds. The molecule has 4 heteroatoms. The van der Waals surface area contributed by atoms with E-state index in [1.807, 2.05) is 6.92 Å². The van der Waals surface area contributed by atoms with Crippen LogP contribution in [0, 0.1) is 25.7 Å². The van der Waals surface area contributed by atoms with Crippen molar-refractivity contribution >= 4 is 17.3 Å². The molecule has 0 spiro atoms. The molecular formula is C19H29N3O. The zero-order valence-corrected chi connectivity index (χ0v) is 14.2. The monoisotopic (exact) mass is 315 g/mol. The van der Waals surface area contributed by atoms with E-state index < -0.39 is 0 Å². The molecule has 2 aliphatic carbocycles. The fraction of sp³-hybridized carbons (Fsp3) is 0.579. The minimum atomic E-state index is -0.0430. The van der Waals surface area contributed by atoms with Crippen LogP contribution in [0.3, 0.4) is 0 Å². The van der Waals surface area contributed by atoms with Crippen LogP contribution >= 0.6 is 0 Å². The van der Waals surface area contributed by atoms with E-state index in [-0.39, 0.29) is 13.3 Å². The summed E-state index contributed by atoms with van der Waals surface area (Å²) in [5.74, 6) is 0.836. The molecule has 0 aliphatic heterocycles. The number of amides is 1. The first-order valence-electron chi connectivity index (χ1n) is 8.43. The topological polar surface area (TPSA) is 81.1 Å². The number of hydrogen-bond acceptors (Lipinski definition) is 3. The van der Waals surface area contributed by atoms with Gasteiger partial charge in [-0.3, -0.25) is 4.79 Å². The third kappa shape index (κ3) is 3.62. The Labute approximate surface area is 140 Å². The van der Waals surface area contributed by atoms with Crippen LogP contribution in [0.25, 0.3) is 0 Å². The molecule has 0 unspecified atom stereocenters. The molecule has 0 atom stereocenters. The van der Waals surface area contributed by atoms with Gasteiger partial charge in [0.05, 0.1) is 0 Å². The summed E-state index contributed by atoms with van der Waals surface area (Å²) < 4.78 is 0. The van der Waals surface area contributed by atoms with Crippen molar-refractivity contribution in [1.29, 1.82) is 0 Å². The van der Waals surface area contributed by atoms with Crippen molar-refractivity contribution in [2.75, 3.05) is 18.0 Å². The Bertz CT molecular complexity index is 572. The molecule has 2 radical (unpaired) electrons. The van der Waals surface area contributed by atoms with Crippen LogP contribution in [-0.4, -0.2) is 12.5 Å². The van der Waals surface area contributed by atoms with E-state index in [1.54, 1.807) is 12.1 Å². The fourth-order valence-electron chi connectivity index (χ4n) is 4.43. The summed E-state index contributed by atoms with van der Waals surface area (Å²) >= 11 is 0. The summed E-state index contributed by atoms with van der Waals surface area (Å²) in [6.07, 6.45) is 9.16. The van der Waals surface area contributed by atoms with Gasteiger partial charge in [-0.2, -0.15) is 0 Å². The average Bonchev–Trinajstić information content (AvgIpc) is 2.49. The molecule has 3 rings (SSSR count). The number of rotatable bonds is 3. The molecule has 5 N–H and O–H groups in total. The molecule has 2 bridgehead atoms. The molecule has 23 heavy (non-hydrogen) atoms. The smallest absolute Gasteiger partial charge is 0.251 e. The highest BCUT2D eigenvalue weighted by Gasteiger charge is 2.39. The van der Waals surface area contributed by atoms with Gasteiger partial charge in [-0.1, -0.05) is 33.1 Å². The Hall–Kier alpha value is -1.71. The van der Waals surface area contributed by atoms with E-state index in [1.165, 1.54) is 44.9 Å². The molecule has 0 heterocycles. The maximum Gasteiger partial charge on any atom is 0.251 e. The first-order chi connectivity index (χ1) is 10.5. The molecule has 1 aromatic carbocycles. The molecule has 1 aromatic rings. The zero-order valence-electron chi connectivity index (χ0n) is 14.2. The minimum Gasteiger partial charge on any atom is -0.399 e. The van der Waals surface area contributed by atoms with Crippen molar-refractivity contribution in [1.82, 2.24) is 5.32 Å². The Morgan fingerprint density at radius 1 is 1.26 bits per heavy atom. The van der Waals surface area contributed by atoms with Crippen LogP contribution in [0.2, 0.25) is 0 Å². The number of carbonyl (C=O) groups excluding carboxylic acids is 1.